The first-order valence-corrected chi connectivity index (χ1v) is 12.8. The van der Waals surface area contributed by atoms with Crippen molar-refractivity contribution in [1.82, 2.24) is 13.7 Å². The Morgan fingerprint density at radius 2 is 1.56 bits per heavy atom. The number of carbonyl (C=O) groups excluding carboxylic acids is 1. The Morgan fingerprint density at radius 3 is 2.15 bits per heavy atom. The lowest BCUT2D eigenvalue weighted by Gasteiger charge is -2.34. The maximum atomic E-state index is 13.1. The highest BCUT2D eigenvalue weighted by atomic mass is 32.2. The summed E-state index contributed by atoms with van der Waals surface area (Å²) in [7, 11) is -1.88. The van der Waals surface area contributed by atoms with E-state index in [9.17, 15) is 18.0 Å². The number of benzene rings is 2. The molecule has 2 aromatic carbocycles. The van der Waals surface area contributed by atoms with Crippen molar-refractivity contribution in [3.05, 3.63) is 76.2 Å². The SMILES string of the molecule is Cc1c(NC(=O)c2ccc(S(=O)(=O)N3CC(C)CC(C)C3)cc2)c(=O)n(-c2ccccc2)n1C. The largest absolute Gasteiger partial charge is 0.316 e. The van der Waals surface area contributed by atoms with Crippen LogP contribution < -0.4 is 10.9 Å². The third kappa shape index (κ3) is 4.45. The second-order valence-corrected chi connectivity index (χ2v) is 11.1. The highest BCUT2D eigenvalue weighted by Crippen LogP contribution is 2.27. The van der Waals surface area contributed by atoms with Gasteiger partial charge in [0.2, 0.25) is 10.0 Å². The number of amides is 1. The lowest BCUT2D eigenvalue weighted by molar-refractivity contribution is 0.102. The lowest BCUT2D eigenvalue weighted by Crippen LogP contribution is -2.42. The summed E-state index contributed by atoms with van der Waals surface area (Å²) in [4.78, 5) is 26.1. The Hall–Kier alpha value is -3.17. The molecule has 1 amide bonds. The van der Waals surface area contributed by atoms with Gasteiger partial charge in [0.1, 0.15) is 5.69 Å². The van der Waals surface area contributed by atoms with Crippen LogP contribution in [0.25, 0.3) is 5.69 Å². The molecule has 1 aromatic heterocycles. The van der Waals surface area contributed by atoms with E-state index in [4.69, 9.17) is 0 Å². The van der Waals surface area contributed by atoms with Crippen molar-refractivity contribution >= 4 is 21.6 Å². The topological polar surface area (TPSA) is 93.4 Å². The smallest absolute Gasteiger partial charge is 0.295 e. The van der Waals surface area contributed by atoms with Gasteiger partial charge in [0.15, 0.2) is 0 Å². The number of piperidine rings is 1. The summed E-state index contributed by atoms with van der Waals surface area (Å²) in [6.45, 7) is 6.87. The normalized spacial score (nSPS) is 19.2. The minimum atomic E-state index is -3.63. The number of nitrogens with one attached hydrogen (secondary N) is 1. The molecule has 0 radical (unpaired) electrons. The van der Waals surface area contributed by atoms with Crippen LogP contribution in [-0.2, 0) is 17.1 Å². The Balaban J connectivity index is 1.56. The number of rotatable bonds is 5. The number of aromatic nitrogens is 2. The Kier molecular flexibility index (Phi) is 6.51. The van der Waals surface area contributed by atoms with Gasteiger partial charge in [0.05, 0.1) is 16.3 Å². The fourth-order valence-electron chi connectivity index (χ4n) is 4.63. The first-order valence-electron chi connectivity index (χ1n) is 11.3. The van der Waals surface area contributed by atoms with Gasteiger partial charge in [0.25, 0.3) is 11.5 Å². The van der Waals surface area contributed by atoms with E-state index in [2.05, 4.69) is 19.2 Å². The van der Waals surface area contributed by atoms with Crippen LogP contribution >= 0.6 is 0 Å². The van der Waals surface area contributed by atoms with Gasteiger partial charge >= 0.3 is 0 Å². The van der Waals surface area contributed by atoms with Gasteiger partial charge in [-0.2, -0.15) is 4.31 Å². The van der Waals surface area contributed by atoms with E-state index >= 15 is 0 Å². The summed E-state index contributed by atoms with van der Waals surface area (Å²) < 4.78 is 30.9. The van der Waals surface area contributed by atoms with Gasteiger partial charge in [-0.25, -0.2) is 13.1 Å². The fraction of sp³-hybridized carbons (Fsp3) is 0.360. The molecule has 2 unspecified atom stereocenters. The molecule has 0 saturated carbocycles. The van der Waals surface area contributed by atoms with Crippen molar-refractivity contribution in [2.75, 3.05) is 18.4 Å². The third-order valence-corrected chi connectivity index (χ3v) is 8.23. The van der Waals surface area contributed by atoms with E-state index in [1.807, 2.05) is 30.3 Å². The van der Waals surface area contributed by atoms with Gasteiger partial charge in [-0.05, 0) is 61.6 Å². The van der Waals surface area contributed by atoms with Crippen molar-refractivity contribution in [1.29, 1.82) is 0 Å². The van der Waals surface area contributed by atoms with E-state index in [-0.39, 0.29) is 21.7 Å². The van der Waals surface area contributed by atoms with Gasteiger partial charge in [0, 0.05) is 25.7 Å². The molecule has 4 rings (SSSR count). The summed E-state index contributed by atoms with van der Waals surface area (Å²) in [6, 6.07) is 15.0. The van der Waals surface area contributed by atoms with Crippen LogP contribution in [0, 0.1) is 18.8 Å². The summed E-state index contributed by atoms with van der Waals surface area (Å²) in [5.74, 6) is 0.130. The first-order chi connectivity index (χ1) is 16.1. The van der Waals surface area contributed by atoms with E-state index in [1.54, 1.807) is 18.7 Å². The van der Waals surface area contributed by atoms with Crippen LogP contribution in [0.1, 0.15) is 36.3 Å². The molecular weight excluding hydrogens is 452 g/mol. The molecular formula is C25H30N4O4S. The molecule has 180 valence electrons. The monoisotopic (exact) mass is 482 g/mol. The maximum Gasteiger partial charge on any atom is 0.295 e. The highest BCUT2D eigenvalue weighted by Gasteiger charge is 2.31. The molecule has 3 aromatic rings. The number of hydrogen-bond acceptors (Lipinski definition) is 4. The van der Waals surface area contributed by atoms with Crippen molar-refractivity contribution in [3.63, 3.8) is 0 Å². The minimum Gasteiger partial charge on any atom is -0.316 e. The summed E-state index contributed by atoms with van der Waals surface area (Å²) in [6.07, 6.45) is 1.01. The van der Waals surface area contributed by atoms with Gasteiger partial charge in [-0.15, -0.1) is 0 Å². The average molecular weight is 483 g/mol. The predicted molar refractivity (Wildman–Crippen MR) is 132 cm³/mol. The molecule has 8 nitrogen and oxygen atoms in total. The number of anilines is 1. The molecule has 1 N–H and O–H groups in total. The van der Waals surface area contributed by atoms with E-state index in [0.29, 0.717) is 36.3 Å². The zero-order valence-corrected chi connectivity index (χ0v) is 20.7. The number of carbonyl (C=O) groups is 1. The molecule has 1 aliphatic rings. The Bertz CT molecular complexity index is 1350. The van der Waals surface area contributed by atoms with Crippen LogP contribution in [0.4, 0.5) is 5.69 Å². The van der Waals surface area contributed by atoms with Crippen molar-refractivity contribution in [3.8, 4) is 5.69 Å². The fourth-order valence-corrected chi connectivity index (χ4v) is 6.31. The zero-order valence-electron chi connectivity index (χ0n) is 19.9. The third-order valence-electron chi connectivity index (χ3n) is 6.38. The number of nitrogens with zero attached hydrogens (tertiary/aromatic N) is 3. The number of para-hydroxylation sites is 1. The molecule has 2 heterocycles. The first kappa shape index (κ1) is 24.0. The minimum absolute atomic E-state index is 0.160. The van der Waals surface area contributed by atoms with Crippen molar-refractivity contribution < 1.29 is 13.2 Å². The Morgan fingerprint density at radius 1 is 0.971 bits per heavy atom. The van der Waals surface area contributed by atoms with Crippen LogP contribution in [0.5, 0.6) is 0 Å². The maximum absolute atomic E-state index is 13.1. The zero-order chi connectivity index (χ0) is 24.6. The van der Waals surface area contributed by atoms with E-state index in [1.165, 1.54) is 33.3 Å². The Labute approximate surface area is 199 Å². The molecule has 2 atom stereocenters. The molecule has 34 heavy (non-hydrogen) atoms. The second kappa shape index (κ2) is 9.23. The quantitative estimate of drug-likeness (QED) is 0.603. The molecule has 0 bridgehead atoms. The molecule has 1 aliphatic heterocycles. The van der Waals surface area contributed by atoms with Crippen molar-refractivity contribution in [2.24, 2.45) is 18.9 Å². The van der Waals surface area contributed by atoms with Crippen LogP contribution in [0.15, 0.2) is 64.3 Å². The lowest BCUT2D eigenvalue weighted by atomic mass is 9.94. The van der Waals surface area contributed by atoms with E-state index < -0.39 is 15.9 Å². The molecule has 9 heteroatoms. The standard InChI is InChI=1S/C25H30N4O4S/c1-17-14-18(2)16-28(15-17)34(32,33)22-12-10-20(11-13-22)24(30)26-23-19(3)27(4)29(25(23)31)21-8-6-5-7-9-21/h5-13,17-18H,14-16H2,1-4H3,(H,26,30). The molecule has 1 saturated heterocycles. The van der Waals surface area contributed by atoms with Gasteiger partial charge < -0.3 is 5.32 Å². The van der Waals surface area contributed by atoms with Crippen molar-refractivity contribution in [2.45, 2.75) is 32.1 Å². The second-order valence-electron chi connectivity index (χ2n) is 9.18. The highest BCUT2D eigenvalue weighted by molar-refractivity contribution is 7.89. The van der Waals surface area contributed by atoms with Crippen LogP contribution in [0.2, 0.25) is 0 Å². The number of sulfonamides is 1. The average Bonchev–Trinajstić information content (AvgIpc) is 3.02. The van der Waals surface area contributed by atoms with Gasteiger partial charge in [-0.1, -0.05) is 32.0 Å². The van der Waals surface area contributed by atoms with Crippen LogP contribution in [0.3, 0.4) is 0 Å². The molecule has 0 aliphatic carbocycles. The molecule has 0 spiro atoms. The van der Waals surface area contributed by atoms with Crippen LogP contribution in [-0.4, -0.2) is 41.1 Å². The predicted octanol–water partition coefficient (Wildman–Crippen LogP) is 3.40. The number of hydrogen-bond donors (Lipinski definition) is 1. The van der Waals surface area contributed by atoms with Gasteiger partial charge in [-0.3, -0.25) is 14.3 Å². The van der Waals surface area contributed by atoms with E-state index in [0.717, 1.165) is 6.42 Å². The summed E-state index contributed by atoms with van der Waals surface area (Å²) >= 11 is 0. The summed E-state index contributed by atoms with van der Waals surface area (Å²) in [5.41, 5.74) is 1.41. The summed E-state index contributed by atoms with van der Waals surface area (Å²) in [5, 5.41) is 2.71. The molecule has 1 fully saturated rings.